The van der Waals surface area contributed by atoms with Crippen LogP contribution in [0.2, 0.25) is 5.02 Å². The van der Waals surface area contributed by atoms with Crippen molar-refractivity contribution in [3.05, 3.63) is 58.3 Å². The first-order valence-electron chi connectivity index (χ1n) is 7.43. The van der Waals surface area contributed by atoms with Gasteiger partial charge in [0.05, 0.1) is 22.9 Å². The van der Waals surface area contributed by atoms with E-state index in [4.69, 9.17) is 16.0 Å². The number of alkyl halides is 3. The zero-order valence-electron chi connectivity index (χ0n) is 12.9. The lowest BCUT2D eigenvalue weighted by molar-refractivity contribution is -0.139. The average molecular weight is 399 g/mol. The van der Waals surface area contributed by atoms with Crippen molar-refractivity contribution in [2.24, 2.45) is 0 Å². The Hall–Kier alpha value is -1.28. The summed E-state index contributed by atoms with van der Waals surface area (Å²) in [6, 6.07) is 3.88. The number of nitrogens with zero attached hydrogens (tertiary/aromatic N) is 1. The maximum absolute atomic E-state index is 14.7. The third kappa shape index (κ3) is 4.11. The van der Waals surface area contributed by atoms with Gasteiger partial charge in [-0.25, -0.2) is 4.39 Å². The lowest BCUT2D eigenvalue weighted by Crippen LogP contribution is -2.46. The molecule has 1 saturated heterocycles. The minimum atomic E-state index is -4.69. The van der Waals surface area contributed by atoms with Crippen molar-refractivity contribution in [1.82, 2.24) is 10.2 Å². The van der Waals surface area contributed by atoms with Gasteiger partial charge < -0.3 is 9.73 Å². The zero-order chi connectivity index (χ0) is 17.3. The number of halogens is 6. The van der Waals surface area contributed by atoms with Gasteiger partial charge in [-0.1, -0.05) is 11.6 Å². The highest BCUT2D eigenvalue weighted by atomic mass is 35.5. The fraction of sp³-hybridized carbons (Fsp3) is 0.375. The van der Waals surface area contributed by atoms with E-state index >= 15 is 0 Å². The third-order valence-corrected chi connectivity index (χ3v) is 4.33. The molecule has 1 aromatic carbocycles. The first-order valence-corrected chi connectivity index (χ1v) is 7.80. The second-order valence-electron chi connectivity index (χ2n) is 5.52. The summed E-state index contributed by atoms with van der Waals surface area (Å²) in [6.45, 7) is 2.13. The zero-order valence-corrected chi connectivity index (χ0v) is 14.5. The summed E-state index contributed by atoms with van der Waals surface area (Å²) in [5.41, 5.74) is -1.53. The van der Waals surface area contributed by atoms with E-state index in [0.717, 1.165) is 12.1 Å². The molecule has 0 radical (unpaired) electrons. The van der Waals surface area contributed by atoms with Crippen LogP contribution in [0.1, 0.15) is 22.9 Å². The Labute approximate surface area is 153 Å². The monoisotopic (exact) mass is 398 g/mol. The Morgan fingerprint density at radius 2 is 1.84 bits per heavy atom. The number of hydrogen-bond donors (Lipinski definition) is 1. The minimum absolute atomic E-state index is 0. The first kappa shape index (κ1) is 20.0. The highest BCUT2D eigenvalue weighted by molar-refractivity contribution is 6.30. The molecule has 0 saturated carbocycles. The molecule has 9 heteroatoms. The van der Waals surface area contributed by atoms with Crippen molar-refractivity contribution in [1.29, 1.82) is 0 Å². The molecule has 2 heterocycles. The molecule has 0 bridgehead atoms. The molecule has 1 aliphatic heterocycles. The Morgan fingerprint density at radius 1 is 1.16 bits per heavy atom. The van der Waals surface area contributed by atoms with Gasteiger partial charge in [0.25, 0.3) is 0 Å². The summed E-state index contributed by atoms with van der Waals surface area (Å²) >= 11 is 5.78. The van der Waals surface area contributed by atoms with Crippen LogP contribution in [-0.4, -0.2) is 31.1 Å². The largest absolute Gasteiger partial charge is 0.467 e. The summed E-state index contributed by atoms with van der Waals surface area (Å²) in [6.07, 6.45) is -3.33. The summed E-state index contributed by atoms with van der Waals surface area (Å²) in [4.78, 5) is 1.76. The molecule has 1 fully saturated rings. The highest BCUT2D eigenvalue weighted by Gasteiger charge is 2.40. The van der Waals surface area contributed by atoms with Gasteiger partial charge in [0, 0.05) is 31.7 Å². The molecule has 1 aliphatic rings. The lowest BCUT2D eigenvalue weighted by atomic mass is 9.95. The molecule has 1 N–H and O–H groups in total. The van der Waals surface area contributed by atoms with E-state index < -0.39 is 29.2 Å². The molecule has 1 aromatic heterocycles. The van der Waals surface area contributed by atoms with Crippen molar-refractivity contribution in [3.63, 3.8) is 0 Å². The van der Waals surface area contributed by atoms with E-state index in [1.54, 1.807) is 17.0 Å². The van der Waals surface area contributed by atoms with Gasteiger partial charge in [0.1, 0.15) is 11.6 Å². The minimum Gasteiger partial charge on any atom is -0.467 e. The van der Waals surface area contributed by atoms with Gasteiger partial charge in [-0.2, -0.15) is 13.2 Å². The number of benzene rings is 1. The Morgan fingerprint density at radius 3 is 2.40 bits per heavy atom. The Bertz CT molecular complexity index is 701. The standard InChI is InChI=1S/C16H15ClF4N2O.ClH/c17-11-4-3-10(16(19,20)21)13(14(11)18)15(12-2-1-9-24-12)23-7-5-22-6-8-23;/h1-4,9,15,22H,5-8H2;1H/t15-;/m1./s1. The number of piperazine rings is 1. The SMILES string of the molecule is Cl.Fc1c(Cl)ccc(C(F)(F)F)c1[C@@H](c1ccco1)N1CCNCC1. The molecule has 3 rings (SSSR count). The van der Waals surface area contributed by atoms with E-state index in [-0.39, 0.29) is 23.2 Å². The molecule has 0 aliphatic carbocycles. The van der Waals surface area contributed by atoms with E-state index in [0.29, 0.717) is 26.2 Å². The van der Waals surface area contributed by atoms with E-state index in [2.05, 4.69) is 5.32 Å². The van der Waals surface area contributed by atoms with Crippen molar-refractivity contribution >= 4 is 24.0 Å². The van der Waals surface area contributed by atoms with Crippen LogP contribution in [0.5, 0.6) is 0 Å². The number of nitrogens with one attached hydrogen (secondary N) is 1. The molecule has 3 nitrogen and oxygen atoms in total. The predicted octanol–water partition coefficient (Wildman–Crippen LogP) is 4.51. The van der Waals surface area contributed by atoms with Gasteiger partial charge in [-0.3, -0.25) is 4.90 Å². The van der Waals surface area contributed by atoms with Gasteiger partial charge in [0.2, 0.25) is 0 Å². The van der Waals surface area contributed by atoms with Gasteiger partial charge in [-0.05, 0) is 24.3 Å². The fourth-order valence-corrected chi connectivity index (χ4v) is 3.14. The van der Waals surface area contributed by atoms with E-state index in [1.807, 2.05) is 0 Å². The first-order chi connectivity index (χ1) is 11.4. The third-order valence-electron chi connectivity index (χ3n) is 4.04. The molecule has 0 unspecified atom stereocenters. The smallest absolute Gasteiger partial charge is 0.416 e. The molecule has 0 spiro atoms. The quantitative estimate of drug-likeness (QED) is 0.771. The van der Waals surface area contributed by atoms with E-state index in [1.165, 1.54) is 6.26 Å². The van der Waals surface area contributed by atoms with Crippen LogP contribution >= 0.6 is 24.0 Å². The van der Waals surface area contributed by atoms with Crippen LogP contribution < -0.4 is 5.32 Å². The number of furan rings is 1. The Balaban J connectivity index is 0.00000225. The summed E-state index contributed by atoms with van der Waals surface area (Å²) in [7, 11) is 0. The summed E-state index contributed by atoms with van der Waals surface area (Å²) < 4.78 is 60.4. The molecular weight excluding hydrogens is 383 g/mol. The molecule has 138 valence electrons. The number of rotatable bonds is 3. The van der Waals surface area contributed by atoms with Crippen LogP contribution in [-0.2, 0) is 6.18 Å². The van der Waals surface area contributed by atoms with Crippen LogP contribution in [0, 0.1) is 5.82 Å². The topological polar surface area (TPSA) is 28.4 Å². The normalized spacial score (nSPS) is 17.2. The van der Waals surface area contributed by atoms with Gasteiger partial charge in [0.15, 0.2) is 0 Å². The second kappa shape index (κ2) is 7.95. The van der Waals surface area contributed by atoms with Gasteiger partial charge >= 0.3 is 6.18 Å². The van der Waals surface area contributed by atoms with Crippen LogP contribution in [0.25, 0.3) is 0 Å². The summed E-state index contributed by atoms with van der Waals surface area (Å²) in [5, 5.41) is 2.78. The van der Waals surface area contributed by atoms with Crippen molar-refractivity contribution in [2.45, 2.75) is 12.2 Å². The summed E-state index contributed by atoms with van der Waals surface area (Å²) in [5.74, 6) is -0.810. The molecule has 0 amide bonds. The van der Waals surface area contributed by atoms with Gasteiger partial charge in [-0.15, -0.1) is 12.4 Å². The maximum atomic E-state index is 14.7. The van der Waals surface area contributed by atoms with Crippen LogP contribution in [0.15, 0.2) is 34.9 Å². The second-order valence-corrected chi connectivity index (χ2v) is 5.93. The van der Waals surface area contributed by atoms with Crippen molar-refractivity contribution in [3.8, 4) is 0 Å². The van der Waals surface area contributed by atoms with Crippen molar-refractivity contribution in [2.75, 3.05) is 26.2 Å². The molecular formula is C16H16Cl2F4N2O. The van der Waals surface area contributed by atoms with Crippen LogP contribution in [0.3, 0.4) is 0 Å². The van der Waals surface area contributed by atoms with Crippen LogP contribution in [0.4, 0.5) is 17.6 Å². The molecule has 1 atom stereocenters. The Kier molecular flexibility index (Phi) is 6.37. The average Bonchev–Trinajstić information content (AvgIpc) is 3.06. The van der Waals surface area contributed by atoms with E-state index in [9.17, 15) is 17.6 Å². The highest BCUT2D eigenvalue weighted by Crippen LogP contribution is 2.42. The molecule has 25 heavy (non-hydrogen) atoms. The van der Waals surface area contributed by atoms with Crippen molar-refractivity contribution < 1.29 is 22.0 Å². The maximum Gasteiger partial charge on any atom is 0.416 e. The number of hydrogen-bond acceptors (Lipinski definition) is 3. The molecule has 2 aromatic rings. The fourth-order valence-electron chi connectivity index (χ4n) is 2.97. The lowest BCUT2D eigenvalue weighted by Gasteiger charge is -2.35. The predicted molar refractivity (Wildman–Crippen MR) is 88.7 cm³/mol.